The first kappa shape index (κ1) is 22.0. The van der Waals surface area contributed by atoms with Gasteiger partial charge in [0.1, 0.15) is 11.3 Å². The summed E-state index contributed by atoms with van der Waals surface area (Å²) in [5, 5.41) is 7.19. The number of pyridine rings is 1. The van der Waals surface area contributed by atoms with Crippen molar-refractivity contribution in [3.63, 3.8) is 0 Å². The maximum atomic E-state index is 12.7. The van der Waals surface area contributed by atoms with Gasteiger partial charge in [0.15, 0.2) is 5.13 Å². The van der Waals surface area contributed by atoms with Gasteiger partial charge in [-0.2, -0.15) is 0 Å². The third-order valence-corrected chi connectivity index (χ3v) is 5.89. The van der Waals surface area contributed by atoms with E-state index in [0.717, 1.165) is 38.9 Å². The van der Waals surface area contributed by atoms with Crippen molar-refractivity contribution in [2.45, 2.75) is 19.9 Å². The van der Waals surface area contributed by atoms with E-state index in [1.165, 1.54) is 0 Å². The number of fused-ring (bicyclic) bond motifs is 1. The van der Waals surface area contributed by atoms with Crippen molar-refractivity contribution < 1.29 is 4.79 Å². The van der Waals surface area contributed by atoms with Crippen LogP contribution in [0.25, 0.3) is 27.2 Å². The number of nitrogens with zero attached hydrogens (tertiary/aromatic N) is 4. The number of aromatic nitrogens is 3. The van der Waals surface area contributed by atoms with E-state index < -0.39 is 0 Å². The number of likely N-dealkylation sites (N-methyl/N-ethyl adjacent to an activating group) is 1. The number of hydrogen-bond donors (Lipinski definition) is 2. The zero-order chi connectivity index (χ0) is 22.7. The molecule has 0 fully saturated rings. The Morgan fingerprint density at radius 3 is 2.66 bits per heavy atom. The van der Waals surface area contributed by atoms with E-state index in [1.54, 1.807) is 17.5 Å². The molecule has 0 unspecified atom stereocenters. The predicted octanol–water partition coefficient (Wildman–Crippen LogP) is 4.24. The SMILES string of the molecule is CC(C)Nc1ncc(-c2cc(-c3ccccc3)c3nc(C(=O)NCCN(C)C)cn3c2)s1. The fraction of sp³-hybridized carbons (Fsp3) is 0.292. The Hall–Kier alpha value is -3.23. The molecule has 4 aromatic rings. The van der Waals surface area contributed by atoms with Gasteiger partial charge in [0.2, 0.25) is 0 Å². The molecule has 3 heterocycles. The number of carbonyl (C=O) groups is 1. The van der Waals surface area contributed by atoms with Crippen LogP contribution in [0.1, 0.15) is 24.3 Å². The zero-order valence-corrected chi connectivity index (χ0v) is 19.6. The minimum absolute atomic E-state index is 0.169. The number of rotatable bonds is 8. The van der Waals surface area contributed by atoms with Crippen LogP contribution in [0.2, 0.25) is 0 Å². The zero-order valence-electron chi connectivity index (χ0n) is 18.8. The first-order valence-electron chi connectivity index (χ1n) is 10.6. The molecule has 0 aliphatic carbocycles. The molecule has 4 rings (SSSR count). The number of amides is 1. The lowest BCUT2D eigenvalue weighted by Crippen LogP contribution is -2.31. The van der Waals surface area contributed by atoms with E-state index in [2.05, 4.69) is 52.6 Å². The summed E-state index contributed by atoms with van der Waals surface area (Å²) in [6.45, 7) is 5.54. The van der Waals surface area contributed by atoms with Crippen LogP contribution in [-0.2, 0) is 0 Å². The molecule has 0 radical (unpaired) electrons. The normalized spacial score (nSPS) is 11.4. The lowest BCUT2D eigenvalue weighted by atomic mass is 10.0. The maximum Gasteiger partial charge on any atom is 0.271 e. The number of nitrogens with one attached hydrogen (secondary N) is 2. The van der Waals surface area contributed by atoms with Crippen LogP contribution in [0, 0.1) is 0 Å². The second-order valence-electron chi connectivity index (χ2n) is 8.25. The maximum absolute atomic E-state index is 12.7. The third kappa shape index (κ3) is 4.98. The van der Waals surface area contributed by atoms with E-state index >= 15 is 0 Å². The van der Waals surface area contributed by atoms with Gasteiger partial charge in [-0.25, -0.2) is 9.97 Å². The van der Waals surface area contributed by atoms with E-state index in [9.17, 15) is 4.79 Å². The molecule has 3 aromatic heterocycles. The van der Waals surface area contributed by atoms with Crippen molar-refractivity contribution in [2.75, 3.05) is 32.5 Å². The number of imidazole rings is 1. The minimum Gasteiger partial charge on any atom is -0.359 e. The first-order valence-corrected chi connectivity index (χ1v) is 11.5. The number of benzene rings is 1. The van der Waals surface area contributed by atoms with E-state index in [4.69, 9.17) is 0 Å². The lowest BCUT2D eigenvalue weighted by molar-refractivity contribution is 0.0946. The largest absolute Gasteiger partial charge is 0.359 e. The Balaban J connectivity index is 1.75. The van der Waals surface area contributed by atoms with Crippen molar-refractivity contribution in [1.82, 2.24) is 24.6 Å². The summed E-state index contributed by atoms with van der Waals surface area (Å²) in [7, 11) is 3.96. The quantitative estimate of drug-likeness (QED) is 0.422. The summed E-state index contributed by atoms with van der Waals surface area (Å²) in [6, 6.07) is 12.6. The van der Waals surface area contributed by atoms with E-state index in [1.807, 2.05) is 54.0 Å². The number of thiazole rings is 1. The van der Waals surface area contributed by atoms with Crippen LogP contribution in [0.15, 0.2) is 55.0 Å². The highest BCUT2D eigenvalue weighted by molar-refractivity contribution is 7.18. The molecule has 1 amide bonds. The Labute approximate surface area is 192 Å². The molecular weight excluding hydrogens is 420 g/mol. The smallest absolute Gasteiger partial charge is 0.271 e. The van der Waals surface area contributed by atoms with Crippen LogP contribution in [0.3, 0.4) is 0 Å². The van der Waals surface area contributed by atoms with E-state index in [-0.39, 0.29) is 5.91 Å². The molecule has 166 valence electrons. The molecule has 7 nitrogen and oxygen atoms in total. The van der Waals surface area contributed by atoms with Gasteiger partial charge in [-0.05, 0) is 39.6 Å². The number of carbonyl (C=O) groups excluding carboxylic acids is 1. The summed E-state index contributed by atoms with van der Waals surface area (Å²) < 4.78 is 1.94. The van der Waals surface area contributed by atoms with Crippen LogP contribution < -0.4 is 10.6 Å². The second-order valence-corrected chi connectivity index (χ2v) is 9.28. The molecule has 0 aliphatic heterocycles. The summed E-state index contributed by atoms with van der Waals surface area (Å²) >= 11 is 1.61. The summed E-state index contributed by atoms with van der Waals surface area (Å²) in [5.74, 6) is -0.169. The molecular formula is C24H28N6OS. The fourth-order valence-electron chi connectivity index (χ4n) is 3.38. The lowest BCUT2D eigenvalue weighted by Gasteiger charge is -2.09. The van der Waals surface area contributed by atoms with Gasteiger partial charge in [-0.1, -0.05) is 41.7 Å². The third-order valence-electron chi connectivity index (χ3n) is 4.92. The Bertz CT molecular complexity index is 1210. The monoisotopic (exact) mass is 448 g/mol. The van der Waals surface area contributed by atoms with Crippen molar-refractivity contribution in [2.24, 2.45) is 0 Å². The van der Waals surface area contributed by atoms with Gasteiger partial charge in [-0.3, -0.25) is 4.79 Å². The molecule has 32 heavy (non-hydrogen) atoms. The van der Waals surface area contributed by atoms with Crippen molar-refractivity contribution in [1.29, 1.82) is 0 Å². The molecule has 0 spiro atoms. The van der Waals surface area contributed by atoms with Gasteiger partial charge in [-0.15, -0.1) is 0 Å². The number of hydrogen-bond acceptors (Lipinski definition) is 6. The topological polar surface area (TPSA) is 74.6 Å². The van der Waals surface area contributed by atoms with Crippen LogP contribution >= 0.6 is 11.3 Å². The molecule has 0 saturated carbocycles. The first-order chi connectivity index (χ1) is 15.4. The van der Waals surface area contributed by atoms with Gasteiger partial charge < -0.3 is 19.9 Å². The average molecular weight is 449 g/mol. The van der Waals surface area contributed by atoms with Gasteiger partial charge in [0, 0.05) is 48.8 Å². The predicted molar refractivity (Wildman–Crippen MR) is 131 cm³/mol. The Kier molecular flexibility index (Phi) is 6.53. The van der Waals surface area contributed by atoms with Gasteiger partial charge >= 0.3 is 0 Å². The molecule has 2 N–H and O–H groups in total. The van der Waals surface area contributed by atoms with Crippen LogP contribution in [0.4, 0.5) is 5.13 Å². The van der Waals surface area contributed by atoms with Crippen molar-refractivity contribution in [3.05, 3.63) is 60.7 Å². The Morgan fingerprint density at radius 2 is 1.94 bits per heavy atom. The molecule has 1 aromatic carbocycles. The van der Waals surface area contributed by atoms with Gasteiger partial charge in [0.05, 0.1) is 4.88 Å². The molecule has 0 atom stereocenters. The fourth-order valence-corrected chi connectivity index (χ4v) is 4.32. The van der Waals surface area contributed by atoms with Gasteiger partial charge in [0.25, 0.3) is 5.91 Å². The minimum atomic E-state index is -0.169. The Morgan fingerprint density at radius 1 is 1.16 bits per heavy atom. The molecule has 8 heteroatoms. The standard InChI is InChI=1S/C24H28N6OS/c1-16(2)27-24-26-13-21(32-24)18-12-19(17-8-6-5-7-9-17)22-28-20(15-30(22)14-18)23(31)25-10-11-29(3)4/h5-9,12-16H,10-11H2,1-4H3,(H,25,31)(H,26,27). The highest BCUT2D eigenvalue weighted by atomic mass is 32.1. The second kappa shape index (κ2) is 9.50. The van der Waals surface area contributed by atoms with Crippen LogP contribution in [-0.4, -0.2) is 58.4 Å². The summed E-state index contributed by atoms with van der Waals surface area (Å²) in [5.41, 5.74) is 4.21. The average Bonchev–Trinajstić information content (AvgIpc) is 3.40. The highest BCUT2D eigenvalue weighted by Crippen LogP contribution is 2.34. The summed E-state index contributed by atoms with van der Waals surface area (Å²) in [6.07, 6.45) is 5.69. The summed E-state index contributed by atoms with van der Waals surface area (Å²) in [4.78, 5) is 25.0. The number of anilines is 1. The molecule has 0 bridgehead atoms. The van der Waals surface area contributed by atoms with E-state index in [0.29, 0.717) is 18.3 Å². The molecule has 0 saturated heterocycles. The van der Waals surface area contributed by atoms with Crippen LogP contribution in [0.5, 0.6) is 0 Å². The highest BCUT2D eigenvalue weighted by Gasteiger charge is 2.16. The van der Waals surface area contributed by atoms with Crippen molar-refractivity contribution in [3.8, 4) is 21.6 Å². The molecule has 0 aliphatic rings. The van der Waals surface area contributed by atoms with Crippen molar-refractivity contribution >= 4 is 28.0 Å².